The highest BCUT2D eigenvalue weighted by Gasteiger charge is 2.10. The molecule has 0 aliphatic carbocycles. The summed E-state index contributed by atoms with van der Waals surface area (Å²) in [5.74, 6) is 1.46. The summed E-state index contributed by atoms with van der Waals surface area (Å²) in [5.41, 5.74) is 1.80. The second-order valence-corrected chi connectivity index (χ2v) is 7.56. The second kappa shape index (κ2) is 8.75. The number of benzene rings is 2. The quantitative estimate of drug-likeness (QED) is 0.385. The van der Waals surface area contributed by atoms with Crippen molar-refractivity contribution in [2.75, 3.05) is 13.2 Å². The molecule has 4 nitrogen and oxygen atoms in total. The molecule has 6 heteroatoms. The number of hydrogen-bond acceptors (Lipinski definition) is 6. The largest absolute Gasteiger partial charge is 0.494 e. The van der Waals surface area contributed by atoms with Gasteiger partial charge in [-0.15, -0.1) is 11.3 Å². The molecule has 0 amide bonds. The number of aromatic nitrogens is 1. The van der Waals surface area contributed by atoms with Crippen LogP contribution in [0.25, 0.3) is 16.3 Å². The highest BCUT2D eigenvalue weighted by molar-refractivity contribution is 8.05. The van der Waals surface area contributed by atoms with Crippen molar-refractivity contribution in [2.45, 2.75) is 18.2 Å². The van der Waals surface area contributed by atoms with E-state index in [1.807, 2.05) is 62.4 Å². The lowest BCUT2D eigenvalue weighted by Gasteiger charge is -2.10. The van der Waals surface area contributed by atoms with Crippen molar-refractivity contribution in [3.05, 3.63) is 52.9 Å². The van der Waals surface area contributed by atoms with E-state index in [-0.39, 0.29) is 0 Å². The Bertz CT molecular complexity index is 940. The molecule has 0 spiro atoms. The van der Waals surface area contributed by atoms with Crippen LogP contribution in [-0.2, 0) is 0 Å². The van der Waals surface area contributed by atoms with Gasteiger partial charge in [0.05, 0.1) is 28.3 Å². The molecule has 0 fully saturated rings. The standard InChI is InChI=1S/C20H18N2O2S2/c1-3-23-15-10-9-14(18(12-15)24-4-2)11-16(13-21)25-20-22-17-7-5-6-8-19(17)26-20/h5-12H,3-4H2,1-2H3/b16-11-. The van der Waals surface area contributed by atoms with E-state index < -0.39 is 0 Å². The molecular weight excluding hydrogens is 364 g/mol. The van der Waals surface area contributed by atoms with E-state index in [9.17, 15) is 5.26 Å². The van der Waals surface area contributed by atoms with Crippen LogP contribution in [0.2, 0.25) is 0 Å². The Kier molecular flexibility index (Phi) is 6.16. The molecular formula is C20H18N2O2S2. The van der Waals surface area contributed by atoms with Crippen LogP contribution in [0.1, 0.15) is 19.4 Å². The van der Waals surface area contributed by atoms with Gasteiger partial charge in [0.2, 0.25) is 0 Å². The number of thiazole rings is 1. The Morgan fingerprint density at radius 2 is 2.00 bits per heavy atom. The van der Waals surface area contributed by atoms with Crippen molar-refractivity contribution in [3.8, 4) is 17.6 Å². The van der Waals surface area contributed by atoms with Crippen LogP contribution in [0.3, 0.4) is 0 Å². The summed E-state index contributed by atoms with van der Waals surface area (Å²) < 4.78 is 13.2. The molecule has 0 aliphatic heterocycles. The van der Waals surface area contributed by atoms with Gasteiger partial charge in [-0.25, -0.2) is 4.98 Å². The summed E-state index contributed by atoms with van der Waals surface area (Å²) in [7, 11) is 0. The SMILES string of the molecule is CCOc1ccc(/C=C(/C#N)Sc2nc3ccccc3s2)c(OCC)c1. The first-order valence-corrected chi connectivity index (χ1v) is 9.91. The van der Waals surface area contributed by atoms with E-state index in [1.165, 1.54) is 11.8 Å². The Balaban J connectivity index is 1.89. The van der Waals surface area contributed by atoms with Gasteiger partial charge in [-0.1, -0.05) is 12.1 Å². The molecule has 2 aromatic carbocycles. The zero-order valence-corrected chi connectivity index (χ0v) is 16.2. The molecule has 0 aliphatic rings. The summed E-state index contributed by atoms with van der Waals surface area (Å²) >= 11 is 2.95. The lowest BCUT2D eigenvalue weighted by atomic mass is 10.1. The van der Waals surface area contributed by atoms with E-state index in [2.05, 4.69) is 11.1 Å². The number of ether oxygens (including phenoxy) is 2. The van der Waals surface area contributed by atoms with Crippen LogP contribution in [0.5, 0.6) is 11.5 Å². The Morgan fingerprint density at radius 3 is 2.73 bits per heavy atom. The number of nitriles is 1. The van der Waals surface area contributed by atoms with Gasteiger partial charge in [0.15, 0.2) is 4.34 Å². The Hall–Kier alpha value is -2.49. The van der Waals surface area contributed by atoms with Gasteiger partial charge in [0.25, 0.3) is 0 Å². The minimum absolute atomic E-state index is 0.545. The smallest absolute Gasteiger partial charge is 0.156 e. The molecule has 0 radical (unpaired) electrons. The summed E-state index contributed by atoms with van der Waals surface area (Å²) in [6, 6.07) is 15.9. The number of allylic oxidation sites excluding steroid dienone is 1. The first-order valence-electron chi connectivity index (χ1n) is 8.28. The van der Waals surface area contributed by atoms with Crippen LogP contribution in [0.4, 0.5) is 0 Å². The average molecular weight is 383 g/mol. The number of rotatable bonds is 7. The van der Waals surface area contributed by atoms with Crippen LogP contribution in [-0.4, -0.2) is 18.2 Å². The Labute approximate surface area is 161 Å². The number of hydrogen-bond donors (Lipinski definition) is 0. The number of para-hydroxylation sites is 1. The van der Waals surface area contributed by atoms with Crippen molar-refractivity contribution in [1.82, 2.24) is 4.98 Å². The van der Waals surface area contributed by atoms with Crippen molar-refractivity contribution in [2.24, 2.45) is 0 Å². The third-order valence-electron chi connectivity index (χ3n) is 3.46. The molecule has 3 rings (SSSR count). The normalized spacial score (nSPS) is 11.3. The third-order valence-corrected chi connectivity index (χ3v) is 5.49. The van der Waals surface area contributed by atoms with Crippen molar-refractivity contribution in [3.63, 3.8) is 0 Å². The first kappa shape index (κ1) is 18.3. The molecule has 3 aromatic rings. The van der Waals surface area contributed by atoms with E-state index in [0.29, 0.717) is 23.9 Å². The highest BCUT2D eigenvalue weighted by Crippen LogP contribution is 2.36. The molecule has 1 heterocycles. The summed E-state index contributed by atoms with van der Waals surface area (Å²) in [4.78, 5) is 5.14. The maximum absolute atomic E-state index is 9.56. The molecule has 132 valence electrons. The van der Waals surface area contributed by atoms with Crippen molar-refractivity contribution < 1.29 is 9.47 Å². The maximum atomic E-state index is 9.56. The number of fused-ring (bicyclic) bond motifs is 1. The minimum Gasteiger partial charge on any atom is -0.494 e. The van der Waals surface area contributed by atoms with Crippen LogP contribution in [0.15, 0.2) is 51.7 Å². The summed E-state index contributed by atoms with van der Waals surface area (Å²) in [5, 5.41) is 9.56. The molecule has 0 bridgehead atoms. The molecule has 0 atom stereocenters. The fourth-order valence-electron chi connectivity index (χ4n) is 2.39. The predicted molar refractivity (Wildman–Crippen MR) is 108 cm³/mol. The maximum Gasteiger partial charge on any atom is 0.156 e. The minimum atomic E-state index is 0.545. The number of thioether (sulfide) groups is 1. The van der Waals surface area contributed by atoms with Crippen LogP contribution >= 0.6 is 23.1 Å². The molecule has 0 N–H and O–H groups in total. The van der Waals surface area contributed by atoms with E-state index in [4.69, 9.17) is 9.47 Å². The average Bonchev–Trinajstić information content (AvgIpc) is 3.06. The van der Waals surface area contributed by atoms with Gasteiger partial charge in [-0.05, 0) is 56.0 Å². The van der Waals surface area contributed by atoms with Gasteiger partial charge in [-0.2, -0.15) is 5.26 Å². The van der Waals surface area contributed by atoms with Crippen molar-refractivity contribution >= 4 is 39.4 Å². The highest BCUT2D eigenvalue weighted by atomic mass is 32.2. The zero-order chi connectivity index (χ0) is 18.4. The van der Waals surface area contributed by atoms with Crippen molar-refractivity contribution in [1.29, 1.82) is 5.26 Å². The van der Waals surface area contributed by atoms with Crippen LogP contribution < -0.4 is 9.47 Å². The molecule has 1 aromatic heterocycles. The van der Waals surface area contributed by atoms with Gasteiger partial charge >= 0.3 is 0 Å². The number of nitrogens with zero attached hydrogens (tertiary/aromatic N) is 2. The summed E-state index contributed by atoms with van der Waals surface area (Å²) in [6.45, 7) is 5.01. The van der Waals surface area contributed by atoms with E-state index in [0.717, 1.165) is 25.9 Å². The lowest BCUT2D eigenvalue weighted by Crippen LogP contribution is -1.97. The van der Waals surface area contributed by atoms with Gasteiger partial charge in [0, 0.05) is 11.6 Å². The molecule has 0 unspecified atom stereocenters. The third kappa shape index (κ3) is 4.37. The fraction of sp³-hybridized carbons (Fsp3) is 0.200. The molecule has 0 saturated carbocycles. The Morgan fingerprint density at radius 1 is 1.19 bits per heavy atom. The van der Waals surface area contributed by atoms with Gasteiger partial charge in [-0.3, -0.25) is 0 Å². The zero-order valence-electron chi connectivity index (χ0n) is 14.6. The first-order chi connectivity index (χ1) is 12.7. The molecule has 26 heavy (non-hydrogen) atoms. The molecule has 0 saturated heterocycles. The van der Waals surface area contributed by atoms with Crippen LogP contribution in [0, 0.1) is 11.3 Å². The predicted octanol–water partition coefficient (Wildman–Crippen LogP) is 5.75. The fourth-order valence-corrected chi connectivity index (χ4v) is 4.35. The lowest BCUT2D eigenvalue weighted by molar-refractivity contribution is 0.322. The van der Waals surface area contributed by atoms with Gasteiger partial charge < -0.3 is 9.47 Å². The topological polar surface area (TPSA) is 55.1 Å². The second-order valence-electron chi connectivity index (χ2n) is 5.24. The summed E-state index contributed by atoms with van der Waals surface area (Å²) in [6.07, 6.45) is 1.83. The van der Waals surface area contributed by atoms with E-state index >= 15 is 0 Å². The monoisotopic (exact) mass is 382 g/mol. The van der Waals surface area contributed by atoms with E-state index in [1.54, 1.807) is 11.3 Å². The van der Waals surface area contributed by atoms with Gasteiger partial charge in [0.1, 0.15) is 17.6 Å².